The molecule has 37 heavy (non-hydrogen) atoms. The number of unbranched alkanes of at least 4 members (excludes halogenated alkanes) is 3. The fourth-order valence-electron chi connectivity index (χ4n) is 4.14. The summed E-state index contributed by atoms with van der Waals surface area (Å²) in [4.78, 5) is 4.69. The van der Waals surface area contributed by atoms with Gasteiger partial charge in [-0.25, -0.2) is 9.67 Å². The van der Waals surface area contributed by atoms with Crippen molar-refractivity contribution in [2.24, 2.45) is 0 Å². The molecule has 5 nitrogen and oxygen atoms in total. The van der Waals surface area contributed by atoms with Crippen molar-refractivity contribution in [2.75, 3.05) is 6.61 Å². The van der Waals surface area contributed by atoms with Gasteiger partial charge in [-0.1, -0.05) is 56.5 Å². The predicted octanol–water partition coefficient (Wildman–Crippen LogP) is 8.17. The highest BCUT2D eigenvalue weighted by atomic mass is 32.1. The molecule has 2 heterocycles. The third-order valence-electron chi connectivity index (χ3n) is 6.10. The van der Waals surface area contributed by atoms with Gasteiger partial charge in [-0.05, 0) is 61.0 Å². The van der Waals surface area contributed by atoms with Crippen LogP contribution in [0.4, 0.5) is 0 Å². The quantitative estimate of drug-likeness (QED) is 0.142. The molecule has 0 bridgehead atoms. The topological polar surface area (TPSA) is 63.7 Å². The lowest BCUT2D eigenvalue weighted by molar-refractivity contribution is 0.305. The van der Waals surface area contributed by atoms with Gasteiger partial charge in [0, 0.05) is 17.3 Å². The Morgan fingerprint density at radius 1 is 0.973 bits per heavy atom. The monoisotopic (exact) mass is 504 g/mol. The Balaban J connectivity index is 1.48. The van der Waals surface area contributed by atoms with Crippen molar-refractivity contribution in [1.82, 2.24) is 14.8 Å². The van der Waals surface area contributed by atoms with Crippen LogP contribution in [0, 0.1) is 11.3 Å². The van der Waals surface area contributed by atoms with Crippen molar-refractivity contribution < 1.29 is 4.74 Å². The van der Waals surface area contributed by atoms with Gasteiger partial charge in [0.15, 0.2) is 0 Å². The molecule has 0 aliphatic rings. The zero-order chi connectivity index (χ0) is 25.5. The van der Waals surface area contributed by atoms with Crippen LogP contribution in [0.1, 0.15) is 43.2 Å². The molecule has 0 aliphatic carbocycles. The van der Waals surface area contributed by atoms with E-state index in [0.717, 1.165) is 51.5 Å². The van der Waals surface area contributed by atoms with E-state index < -0.39 is 0 Å². The Morgan fingerprint density at radius 2 is 1.76 bits per heavy atom. The highest BCUT2D eigenvalue weighted by molar-refractivity contribution is 7.19. The summed E-state index contributed by atoms with van der Waals surface area (Å²) < 4.78 is 8.84. The first kappa shape index (κ1) is 24.5. The van der Waals surface area contributed by atoms with Crippen LogP contribution in [0.15, 0.2) is 85.1 Å². The van der Waals surface area contributed by atoms with Crippen LogP contribution >= 0.6 is 11.3 Å². The summed E-state index contributed by atoms with van der Waals surface area (Å²) in [6, 6.07) is 28.3. The van der Waals surface area contributed by atoms with Crippen LogP contribution in [0.25, 0.3) is 38.8 Å². The van der Waals surface area contributed by atoms with E-state index in [4.69, 9.17) is 14.8 Å². The largest absolute Gasteiger partial charge is 0.494 e. The normalized spacial score (nSPS) is 11.5. The highest BCUT2D eigenvalue weighted by Gasteiger charge is 2.15. The molecule has 2 aromatic heterocycles. The lowest BCUT2D eigenvalue weighted by Gasteiger charge is -2.07. The second kappa shape index (κ2) is 11.7. The molecule has 5 aromatic rings. The Kier molecular flexibility index (Phi) is 7.73. The maximum Gasteiger partial charge on any atom is 0.135 e. The molecule has 5 rings (SSSR count). The van der Waals surface area contributed by atoms with Crippen molar-refractivity contribution >= 4 is 33.2 Å². The molecule has 0 amide bonds. The lowest BCUT2D eigenvalue weighted by Crippen LogP contribution is -1.97. The molecule has 0 radical (unpaired) electrons. The summed E-state index contributed by atoms with van der Waals surface area (Å²) >= 11 is 1.52. The zero-order valence-electron chi connectivity index (χ0n) is 20.8. The second-order valence-corrected chi connectivity index (χ2v) is 9.83. The number of thiazole rings is 1. The third-order valence-corrected chi connectivity index (χ3v) is 7.17. The van der Waals surface area contributed by atoms with Crippen molar-refractivity contribution in [3.05, 3.63) is 95.6 Å². The van der Waals surface area contributed by atoms with Crippen molar-refractivity contribution in [2.45, 2.75) is 32.6 Å². The summed E-state index contributed by atoms with van der Waals surface area (Å²) in [5.41, 5.74) is 4.98. The van der Waals surface area contributed by atoms with E-state index in [-0.39, 0.29) is 0 Å². The number of ether oxygens (including phenoxy) is 1. The predicted molar refractivity (Wildman–Crippen MR) is 152 cm³/mol. The average Bonchev–Trinajstić information content (AvgIpc) is 3.57. The van der Waals surface area contributed by atoms with E-state index in [0.29, 0.717) is 10.6 Å². The first-order valence-corrected chi connectivity index (χ1v) is 13.4. The minimum absolute atomic E-state index is 0.516. The smallest absolute Gasteiger partial charge is 0.135 e. The fraction of sp³-hybridized carbons (Fsp3) is 0.194. The summed E-state index contributed by atoms with van der Waals surface area (Å²) in [6.45, 7) is 2.93. The number of hydrogen-bond acceptors (Lipinski definition) is 5. The van der Waals surface area contributed by atoms with Gasteiger partial charge in [-0.2, -0.15) is 10.4 Å². The van der Waals surface area contributed by atoms with E-state index in [1.165, 1.54) is 30.6 Å². The van der Waals surface area contributed by atoms with Gasteiger partial charge < -0.3 is 4.74 Å². The SMILES string of the molecule is CCCCCCOc1ccc(-c2nn(-c3ccccc3)cc2/C=C(/C#N)c2nc3ccccc3s2)cc1. The molecule has 3 aromatic carbocycles. The number of nitriles is 1. The summed E-state index contributed by atoms with van der Waals surface area (Å²) in [5.74, 6) is 0.854. The molecule has 0 fully saturated rings. The summed E-state index contributed by atoms with van der Waals surface area (Å²) in [5, 5.41) is 15.6. The molecule has 0 saturated carbocycles. The molecule has 0 N–H and O–H groups in total. The molecule has 184 valence electrons. The van der Waals surface area contributed by atoms with Crippen LogP contribution < -0.4 is 4.74 Å². The van der Waals surface area contributed by atoms with Crippen LogP contribution in [-0.2, 0) is 0 Å². The van der Waals surface area contributed by atoms with Gasteiger partial charge in [0.25, 0.3) is 0 Å². The Hall–Kier alpha value is -4.21. The molecule has 0 unspecified atom stereocenters. The second-order valence-electron chi connectivity index (χ2n) is 8.80. The molecule has 0 aliphatic heterocycles. The van der Waals surface area contributed by atoms with E-state index >= 15 is 0 Å². The number of allylic oxidation sites excluding steroid dienone is 1. The van der Waals surface area contributed by atoms with Gasteiger partial charge in [-0.3, -0.25) is 0 Å². The van der Waals surface area contributed by atoms with E-state index in [1.54, 1.807) is 0 Å². The van der Waals surface area contributed by atoms with Gasteiger partial charge >= 0.3 is 0 Å². The molecule has 6 heteroatoms. The highest BCUT2D eigenvalue weighted by Crippen LogP contribution is 2.32. The van der Waals surface area contributed by atoms with Crippen molar-refractivity contribution in [3.8, 4) is 28.8 Å². The van der Waals surface area contributed by atoms with Crippen LogP contribution in [0.3, 0.4) is 0 Å². The third kappa shape index (κ3) is 5.79. The maximum absolute atomic E-state index is 10.0. The van der Waals surface area contributed by atoms with E-state index in [1.807, 2.05) is 95.8 Å². The standard InChI is InChI=1S/C31H28N4OS/c1-2-3-4-10-19-36-27-17-15-23(16-18-27)30-25(22-35(34-30)26-11-6-5-7-12-26)20-24(21-32)31-33-28-13-8-9-14-29(28)37-31/h5-9,11-18,20,22H,2-4,10,19H2,1H3/b24-20-. The number of rotatable bonds is 10. The van der Waals surface area contributed by atoms with Gasteiger partial charge in [0.05, 0.1) is 33.8 Å². The Labute approximate surface area is 221 Å². The first-order valence-electron chi connectivity index (χ1n) is 12.6. The Bertz CT molecular complexity index is 1510. The average molecular weight is 505 g/mol. The van der Waals surface area contributed by atoms with Gasteiger partial charge in [0.1, 0.15) is 16.8 Å². The van der Waals surface area contributed by atoms with Crippen molar-refractivity contribution in [1.29, 1.82) is 5.26 Å². The molecule has 0 atom stereocenters. The van der Waals surface area contributed by atoms with E-state index in [9.17, 15) is 5.26 Å². The molecular formula is C31H28N4OS. The minimum atomic E-state index is 0.516. The maximum atomic E-state index is 10.0. The number of hydrogen-bond donors (Lipinski definition) is 0. The van der Waals surface area contributed by atoms with Gasteiger partial charge in [0.2, 0.25) is 0 Å². The summed E-state index contributed by atoms with van der Waals surface area (Å²) in [6.07, 6.45) is 8.56. The summed E-state index contributed by atoms with van der Waals surface area (Å²) in [7, 11) is 0. The molecular weight excluding hydrogens is 476 g/mol. The number of benzene rings is 3. The number of para-hydroxylation sites is 2. The molecule has 0 spiro atoms. The minimum Gasteiger partial charge on any atom is -0.494 e. The Morgan fingerprint density at radius 3 is 2.51 bits per heavy atom. The first-order chi connectivity index (χ1) is 18.2. The van der Waals surface area contributed by atoms with Crippen LogP contribution in [0.5, 0.6) is 5.75 Å². The number of fused-ring (bicyclic) bond motifs is 1. The number of nitrogens with zero attached hydrogens (tertiary/aromatic N) is 4. The lowest BCUT2D eigenvalue weighted by atomic mass is 10.1. The van der Waals surface area contributed by atoms with Crippen LogP contribution in [-0.4, -0.2) is 21.4 Å². The fourth-order valence-corrected chi connectivity index (χ4v) is 5.07. The van der Waals surface area contributed by atoms with Crippen molar-refractivity contribution in [3.63, 3.8) is 0 Å². The van der Waals surface area contributed by atoms with Crippen LogP contribution in [0.2, 0.25) is 0 Å². The number of aromatic nitrogens is 3. The van der Waals surface area contributed by atoms with E-state index in [2.05, 4.69) is 13.0 Å². The zero-order valence-corrected chi connectivity index (χ0v) is 21.6. The molecule has 0 saturated heterocycles. The van der Waals surface area contributed by atoms with Gasteiger partial charge in [-0.15, -0.1) is 11.3 Å².